The van der Waals surface area contributed by atoms with Crippen LogP contribution >= 0.6 is 11.6 Å². The average Bonchev–Trinajstić information content (AvgIpc) is 2.36. The zero-order valence-corrected chi connectivity index (χ0v) is 12.0. The van der Waals surface area contributed by atoms with Gasteiger partial charge < -0.3 is 16.0 Å². The van der Waals surface area contributed by atoms with Crippen molar-refractivity contribution >= 4 is 29.1 Å². The van der Waals surface area contributed by atoms with Crippen LogP contribution < -0.4 is 11.1 Å². The number of nitrogens with one attached hydrogen (secondary N) is 1. The summed E-state index contributed by atoms with van der Waals surface area (Å²) < 4.78 is 0. The van der Waals surface area contributed by atoms with E-state index in [1.54, 1.807) is 20.0 Å². The molecule has 0 radical (unpaired) electrons. The van der Waals surface area contributed by atoms with Gasteiger partial charge in [-0.2, -0.15) is 0 Å². The summed E-state index contributed by atoms with van der Waals surface area (Å²) in [7, 11) is 1.68. The predicted molar refractivity (Wildman–Crippen MR) is 76.1 cm³/mol. The van der Waals surface area contributed by atoms with E-state index in [-0.39, 0.29) is 10.9 Å². The molecule has 0 aliphatic carbocycles. The predicted octanol–water partition coefficient (Wildman–Crippen LogP) is 1.52. The van der Waals surface area contributed by atoms with E-state index in [0.717, 1.165) is 0 Å². The van der Waals surface area contributed by atoms with Gasteiger partial charge in [-0.15, -0.1) is 0 Å². The molecule has 0 saturated carbocycles. The monoisotopic (exact) mass is 283 g/mol. The van der Waals surface area contributed by atoms with Gasteiger partial charge in [0.05, 0.1) is 10.6 Å². The van der Waals surface area contributed by atoms with Crippen LogP contribution in [-0.4, -0.2) is 36.3 Å². The maximum atomic E-state index is 12.0. The van der Waals surface area contributed by atoms with Crippen LogP contribution in [0.4, 0.5) is 5.69 Å². The number of nitrogens with zero attached hydrogens (tertiary/aromatic N) is 1. The van der Waals surface area contributed by atoms with Crippen molar-refractivity contribution in [3.63, 3.8) is 0 Å². The van der Waals surface area contributed by atoms with Crippen LogP contribution in [0.5, 0.6) is 0 Å². The molecule has 1 unspecified atom stereocenters. The van der Waals surface area contributed by atoms with Crippen LogP contribution in [0.1, 0.15) is 24.2 Å². The molecule has 0 saturated heterocycles. The lowest BCUT2D eigenvalue weighted by atomic mass is 10.1. The van der Waals surface area contributed by atoms with Gasteiger partial charge >= 0.3 is 0 Å². The first-order valence-corrected chi connectivity index (χ1v) is 6.35. The highest BCUT2D eigenvalue weighted by Crippen LogP contribution is 2.19. The Morgan fingerprint density at radius 3 is 2.63 bits per heavy atom. The number of anilines is 1. The molecule has 0 aliphatic rings. The minimum absolute atomic E-state index is 0.151. The maximum absolute atomic E-state index is 12.0. The van der Waals surface area contributed by atoms with E-state index in [4.69, 9.17) is 17.3 Å². The number of hydrogen-bond donors (Lipinski definition) is 2. The molecule has 5 nitrogen and oxygen atoms in total. The number of nitrogens with two attached hydrogens (primary N) is 1. The average molecular weight is 284 g/mol. The summed E-state index contributed by atoms with van der Waals surface area (Å²) in [5.41, 5.74) is 6.34. The first kappa shape index (κ1) is 15.3. The largest absolute Gasteiger partial charge is 0.399 e. The van der Waals surface area contributed by atoms with Gasteiger partial charge in [-0.05, 0) is 32.0 Å². The van der Waals surface area contributed by atoms with Gasteiger partial charge in [-0.3, -0.25) is 9.59 Å². The Morgan fingerprint density at radius 1 is 1.47 bits per heavy atom. The molecule has 0 heterocycles. The Kier molecular flexibility index (Phi) is 5.18. The zero-order valence-electron chi connectivity index (χ0n) is 11.2. The van der Waals surface area contributed by atoms with Crippen molar-refractivity contribution in [1.82, 2.24) is 10.2 Å². The molecule has 1 rings (SSSR count). The first-order chi connectivity index (χ1) is 8.86. The van der Waals surface area contributed by atoms with E-state index in [9.17, 15) is 9.59 Å². The number of nitrogen functional groups attached to an aromatic ring is 1. The van der Waals surface area contributed by atoms with E-state index < -0.39 is 11.9 Å². The highest BCUT2D eigenvalue weighted by molar-refractivity contribution is 6.34. The Labute approximate surface area is 117 Å². The van der Waals surface area contributed by atoms with Gasteiger partial charge in [0.2, 0.25) is 5.91 Å². The molecule has 1 aromatic carbocycles. The Morgan fingerprint density at radius 2 is 2.11 bits per heavy atom. The van der Waals surface area contributed by atoms with Crippen molar-refractivity contribution in [1.29, 1.82) is 0 Å². The normalized spacial score (nSPS) is 11.8. The van der Waals surface area contributed by atoms with Crippen LogP contribution in [0.25, 0.3) is 0 Å². The number of benzene rings is 1. The number of halogens is 1. The van der Waals surface area contributed by atoms with Crippen LogP contribution in [0.2, 0.25) is 5.02 Å². The fraction of sp³-hybridized carbons (Fsp3) is 0.385. The molecule has 19 heavy (non-hydrogen) atoms. The molecular formula is C13H18ClN3O2. The molecule has 6 heteroatoms. The molecule has 3 N–H and O–H groups in total. The van der Waals surface area contributed by atoms with E-state index in [2.05, 4.69) is 5.32 Å². The van der Waals surface area contributed by atoms with Crippen LogP contribution in [0.3, 0.4) is 0 Å². The second-order valence-electron chi connectivity index (χ2n) is 4.29. The van der Waals surface area contributed by atoms with Crippen molar-refractivity contribution in [3.8, 4) is 0 Å². The van der Waals surface area contributed by atoms with Crippen molar-refractivity contribution in [2.45, 2.75) is 19.9 Å². The second kappa shape index (κ2) is 6.43. The lowest BCUT2D eigenvalue weighted by Gasteiger charge is -2.20. The summed E-state index contributed by atoms with van der Waals surface area (Å²) in [5.74, 6) is -0.544. The molecule has 2 amide bonds. The maximum Gasteiger partial charge on any atom is 0.253 e. The first-order valence-electron chi connectivity index (χ1n) is 5.97. The Balaban J connectivity index is 2.77. The minimum Gasteiger partial charge on any atom is -0.399 e. The smallest absolute Gasteiger partial charge is 0.253 e. The Hall–Kier alpha value is -1.75. The number of likely N-dealkylation sites (N-methyl/N-ethyl adjacent to an activating group) is 1. The Bertz CT molecular complexity index is 491. The van der Waals surface area contributed by atoms with Crippen molar-refractivity contribution in [2.24, 2.45) is 0 Å². The number of carbonyl (C=O) groups excluding carboxylic acids is 2. The lowest BCUT2D eigenvalue weighted by Crippen LogP contribution is -2.45. The van der Waals surface area contributed by atoms with E-state index in [1.165, 1.54) is 17.0 Å². The van der Waals surface area contributed by atoms with Gasteiger partial charge in [0.25, 0.3) is 5.91 Å². The third-order valence-corrected chi connectivity index (χ3v) is 3.12. The number of rotatable bonds is 4. The third kappa shape index (κ3) is 3.86. The van der Waals surface area contributed by atoms with E-state index in [1.807, 2.05) is 6.92 Å². The van der Waals surface area contributed by atoms with Gasteiger partial charge in [0.1, 0.15) is 6.04 Å². The number of hydrogen-bond acceptors (Lipinski definition) is 3. The second-order valence-corrected chi connectivity index (χ2v) is 4.69. The van der Waals surface area contributed by atoms with Gasteiger partial charge in [-0.25, -0.2) is 0 Å². The highest BCUT2D eigenvalue weighted by Gasteiger charge is 2.20. The summed E-state index contributed by atoms with van der Waals surface area (Å²) in [4.78, 5) is 25.4. The molecule has 0 spiro atoms. The SMILES string of the molecule is CCN(C)C(=O)C(C)NC(=O)c1ccc(N)cc1Cl. The van der Waals surface area contributed by atoms with Crippen LogP contribution in [0, 0.1) is 0 Å². The molecule has 104 valence electrons. The summed E-state index contributed by atoms with van der Waals surface area (Å²) in [5, 5.41) is 2.88. The number of carbonyl (C=O) groups is 2. The fourth-order valence-electron chi connectivity index (χ4n) is 1.54. The van der Waals surface area contributed by atoms with E-state index >= 15 is 0 Å². The topological polar surface area (TPSA) is 75.4 Å². The van der Waals surface area contributed by atoms with E-state index in [0.29, 0.717) is 17.8 Å². The fourth-order valence-corrected chi connectivity index (χ4v) is 1.81. The highest BCUT2D eigenvalue weighted by atomic mass is 35.5. The van der Waals surface area contributed by atoms with Crippen LogP contribution in [0.15, 0.2) is 18.2 Å². The molecule has 1 atom stereocenters. The van der Waals surface area contributed by atoms with Gasteiger partial charge in [0, 0.05) is 19.3 Å². The van der Waals surface area contributed by atoms with Crippen molar-refractivity contribution in [3.05, 3.63) is 28.8 Å². The molecular weight excluding hydrogens is 266 g/mol. The number of amides is 2. The summed E-state index contributed by atoms with van der Waals surface area (Å²) in [6, 6.07) is 4.02. The molecule has 0 aromatic heterocycles. The standard InChI is InChI=1S/C13H18ClN3O2/c1-4-17(3)13(19)8(2)16-12(18)10-6-5-9(15)7-11(10)14/h5-8H,4,15H2,1-3H3,(H,16,18). The zero-order chi connectivity index (χ0) is 14.6. The van der Waals surface area contributed by atoms with Crippen molar-refractivity contribution in [2.75, 3.05) is 19.3 Å². The summed E-state index contributed by atoms with van der Waals surface area (Å²) in [6.07, 6.45) is 0. The quantitative estimate of drug-likeness (QED) is 0.823. The molecule has 1 aromatic rings. The van der Waals surface area contributed by atoms with Crippen molar-refractivity contribution < 1.29 is 9.59 Å². The third-order valence-electron chi connectivity index (χ3n) is 2.81. The molecule has 0 fully saturated rings. The minimum atomic E-state index is -0.605. The lowest BCUT2D eigenvalue weighted by molar-refractivity contribution is -0.131. The van der Waals surface area contributed by atoms with Crippen LogP contribution in [-0.2, 0) is 4.79 Å². The van der Waals surface area contributed by atoms with Gasteiger partial charge in [-0.1, -0.05) is 11.6 Å². The summed E-state index contributed by atoms with van der Waals surface area (Å²) >= 11 is 5.94. The van der Waals surface area contributed by atoms with Gasteiger partial charge in [0.15, 0.2) is 0 Å². The molecule has 0 bridgehead atoms. The molecule has 0 aliphatic heterocycles. The summed E-state index contributed by atoms with van der Waals surface area (Å²) in [6.45, 7) is 4.09.